The molecule has 10 nitrogen and oxygen atoms in total. The lowest BCUT2D eigenvalue weighted by Crippen LogP contribution is -2.27. The fraction of sp³-hybridized carbons (Fsp3) is 0.423. The molecule has 4 rings (SSSR count). The number of hydrogen-bond donors (Lipinski definition) is 0. The quantitative estimate of drug-likeness (QED) is 0.245. The number of pyridine rings is 1. The summed E-state index contributed by atoms with van der Waals surface area (Å²) in [6.07, 6.45) is 3.85. The van der Waals surface area contributed by atoms with E-state index in [0.717, 1.165) is 34.0 Å². The van der Waals surface area contributed by atoms with E-state index in [9.17, 15) is 13.2 Å². The van der Waals surface area contributed by atoms with E-state index in [1.165, 1.54) is 6.33 Å². The predicted octanol–water partition coefficient (Wildman–Crippen LogP) is 4.92. The van der Waals surface area contributed by atoms with Crippen LogP contribution < -0.4 is 4.74 Å². The molecule has 0 aliphatic heterocycles. The molecule has 4 aromatic rings. The molecule has 3 aromatic heterocycles. The predicted molar refractivity (Wildman–Crippen MR) is 141 cm³/mol. The minimum absolute atomic E-state index is 0.0387. The third kappa shape index (κ3) is 5.78. The third-order valence-electron chi connectivity index (χ3n) is 5.61. The van der Waals surface area contributed by atoms with Gasteiger partial charge in [-0.05, 0) is 69.0 Å². The van der Waals surface area contributed by atoms with Gasteiger partial charge in [0.1, 0.15) is 30.9 Å². The lowest BCUT2D eigenvalue weighted by Gasteiger charge is -2.21. The van der Waals surface area contributed by atoms with Crippen molar-refractivity contribution in [3.05, 3.63) is 47.9 Å². The fourth-order valence-corrected chi connectivity index (χ4v) is 4.69. The second-order valence-corrected chi connectivity index (χ2v) is 11.9. The highest BCUT2D eigenvalue weighted by Gasteiger charge is 2.28. The van der Waals surface area contributed by atoms with Gasteiger partial charge in [-0.1, -0.05) is 13.8 Å². The van der Waals surface area contributed by atoms with Gasteiger partial charge in [0.15, 0.2) is 5.65 Å². The zero-order valence-corrected chi connectivity index (χ0v) is 22.9. The number of carbonyl (C=O) groups is 1. The van der Waals surface area contributed by atoms with Crippen molar-refractivity contribution in [1.82, 2.24) is 19.2 Å². The minimum atomic E-state index is -3.55. The summed E-state index contributed by atoms with van der Waals surface area (Å²) >= 11 is 0. The Hall–Kier alpha value is -3.44. The highest BCUT2D eigenvalue weighted by atomic mass is 32.2. The average molecular weight is 529 g/mol. The Morgan fingerprint density at radius 2 is 1.86 bits per heavy atom. The molecule has 3 heterocycles. The van der Waals surface area contributed by atoms with E-state index < -0.39 is 21.8 Å². The Morgan fingerprint density at radius 1 is 1.14 bits per heavy atom. The maximum atomic E-state index is 13.6. The molecule has 0 atom stereocenters. The number of fused-ring (bicyclic) bond motifs is 2. The molecule has 0 bridgehead atoms. The Bertz CT molecular complexity index is 1580. The van der Waals surface area contributed by atoms with Crippen molar-refractivity contribution in [3.8, 4) is 17.0 Å². The van der Waals surface area contributed by atoms with Gasteiger partial charge in [-0.25, -0.2) is 18.9 Å². The summed E-state index contributed by atoms with van der Waals surface area (Å²) in [6, 6.07) is 7.40. The zero-order chi connectivity index (χ0) is 27.1. The monoisotopic (exact) mass is 528 g/mol. The molecule has 37 heavy (non-hydrogen) atoms. The summed E-state index contributed by atoms with van der Waals surface area (Å²) in [4.78, 5) is 17.9. The zero-order valence-electron chi connectivity index (χ0n) is 22.1. The van der Waals surface area contributed by atoms with Gasteiger partial charge in [-0.3, -0.25) is 4.18 Å². The van der Waals surface area contributed by atoms with Crippen LogP contribution in [-0.4, -0.2) is 58.7 Å². The van der Waals surface area contributed by atoms with Crippen molar-refractivity contribution >= 4 is 32.8 Å². The number of hydrogen-bond acceptors (Lipinski definition) is 8. The van der Waals surface area contributed by atoms with E-state index in [1.807, 2.05) is 52.1 Å². The van der Waals surface area contributed by atoms with E-state index in [0.29, 0.717) is 17.0 Å². The topological polar surface area (TPSA) is 114 Å². The highest BCUT2D eigenvalue weighted by Crippen LogP contribution is 2.40. The summed E-state index contributed by atoms with van der Waals surface area (Å²) in [5.74, 6) is 0.569. The average Bonchev–Trinajstić information content (AvgIpc) is 3.37. The van der Waals surface area contributed by atoms with Crippen LogP contribution in [0.25, 0.3) is 27.8 Å². The van der Waals surface area contributed by atoms with Crippen LogP contribution in [0.3, 0.4) is 0 Å². The molecule has 198 valence electrons. The lowest BCUT2D eigenvalue weighted by molar-refractivity contribution is 0.0547. The van der Waals surface area contributed by atoms with Crippen molar-refractivity contribution in [3.63, 3.8) is 0 Å². The summed E-state index contributed by atoms with van der Waals surface area (Å²) in [5.41, 5.74) is 4.07. The first-order valence-corrected chi connectivity index (χ1v) is 13.8. The van der Waals surface area contributed by atoms with Crippen LogP contribution in [0.5, 0.6) is 5.75 Å². The molecule has 0 aliphatic carbocycles. The molecule has 11 heteroatoms. The number of ether oxygens (including phenoxy) is 2. The SMILES string of the molecule is Cc1cc(-c2c(C(C)C)c3cc(OCCOS(C)(=O)=O)ccc3n2C(=O)OC(C)(C)C)cn2ncnc12. The molecular weight excluding hydrogens is 496 g/mol. The first-order chi connectivity index (χ1) is 17.2. The summed E-state index contributed by atoms with van der Waals surface area (Å²) in [6.45, 7) is 11.5. The molecule has 0 N–H and O–H groups in total. The van der Waals surface area contributed by atoms with Gasteiger partial charge in [0.25, 0.3) is 10.1 Å². The lowest BCUT2D eigenvalue weighted by atomic mass is 9.96. The number of rotatable bonds is 7. The van der Waals surface area contributed by atoms with Crippen molar-refractivity contribution in [2.24, 2.45) is 0 Å². The number of carbonyl (C=O) groups excluding carboxylic acids is 1. The minimum Gasteiger partial charge on any atom is -0.491 e. The molecule has 0 aliphatic rings. The van der Waals surface area contributed by atoms with Gasteiger partial charge in [-0.15, -0.1) is 0 Å². The standard InChI is InChI=1S/C26H32N4O6S/c1-16(2)22-20-13-19(34-10-11-35-37(7,32)33)8-9-21(20)30(25(31)36-26(4,5)6)23(22)18-12-17(3)24-27-15-28-29(24)14-18/h8-9,12-16H,10-11H2,1-7H3. The molecular formula is C26H32N4O6S. The van der Waals surface area contributed by atoms with Gasteiger partial charge < -0.3 is 9.47 Å². The van der Waals surface area contributed by atoms with Gasteiger partial charge >= 0.3 is 6.09 Å². The number of benzene rings is 1. The van der Waals surface area contributed by atoms with Crippen molar-refractivity contribution in [2.75, 3.05) is 19.5 Å². The van der Waals surface area contributed by atoms with Gasteiger partial charge in [0.05, 0.1) is 17.5 Å². The third-order valence-corrected chi connectivity index (χ3v) is 6.21. The molecule has 0 fully saturated rings. The molecule has 0 unspecified atom stereocenters. The van der Waals surface area contributed by atoms with Crippen LogP contribution in [0.4, 0.5) is 4.79 Å². The maximum absolute atomic E-state index is 13.6. The van der Waals surface area contributed by atoms with Crippen LogP contribution in [0, 0.1) is 6.92 Å². The molecule has 0 spiro atoms. The van der Waals surface area contributed by atoms with E-state index in [-0.39, 0.29) is 19.1 Å². The maximum Gasteiger partial charge on any atom is 0.419 e. The number of aromatic nitrogens is 4. The van der Waals surface area contributed by atoms with Crippen molar-refractivity contribution in [1.29, 1.82) is 0 Å². The normalized spacial score (nSPS) is 12.5. The molecule has 0 radical (unpaired) electrons. The smallest absolute Gasteiger partial charge is 0.419 e. The second kappa shape index (κ2) is 9.79. The highest BCUT2D eigenvalue weighted by molar-refractivity contribution is 7.85. The van der Waals surface area contributed by atoms with E-state index >= 15 is 0 Å². The van der Waals surface area contributed by atoms with Crippen LogP contribution in [0.1, 0.15) is 51.7 Å². The Balaban J connectivity index is 1.90. The van der Waals surface area contributed by atoms with Crippen LogP contribution in [0.15, 0.2) is 36.8 Å². The molecule has 0 saturated heterocycles. The Labute approximate surface area is 216 Å². The number of aryl methyl sites for hydroxylation is 1. The van der Waals surface area contributed by atoms with Crippen molar-refractivity contribution in [2.45, 2.75) is 53.1 Å². The summed E-state index contributed by atoms with van der Waals surface area (Å²) in [7, 11) is -3.55. The Morgan fingerprint density at radius 3 is 2.51 bits per heavy atom. The summed E-state index contributed by atoms with van der Waals surface area (Å²) < 4.78 is 42.1. The van der Waals surface area contributed by atoms with Crippen LogP contribution in [0.2, 0.25) is 0 Å². The van der Waals surface area contributed by atoms with Crippen molar-refractivity contribution < 1.29 is 26.9 Å². The largest absolute Gasteiger partial charge is 0.491 e. The number of nitrogens with zero attached hydrogens (tertiary/aromatic N) is 4. The van der Waals surface area contributed by atoms with Gasteiger partial charge in [0.2, 0.25) is 0 Å². The van der Waals surface area contributed by atoms with Gasteiger partial charge in [0, 0.05) is 17.1 Å². The first kappa shape index (κ1) is 26.6. The van der Waals surface area contributed by atoms with Gasteiger partial charge in [-0.2, -0.15) is 13.5 Å². The fourth-order valence-electron chi connectivity index (χ4n) is 4.32. The van der Waals surface area contributed by atoms with E-state index in [1.54, 1.807) is 15.1 Å². The molecule has 0 saturated carbocycles. The summed E-state index contributed by atoms with van der Waals surface area (Å²) in [5, 5.41) is 5.13. The molecule has 0 amide bonds. The molecule has 1 aromatic carbocycles. The van der Waals surface area contributed by atoms with E-state index in [4.69, 9.17) is 13.7 Å². The first-order valence-electron chi connectivity index (χ1n) is 11.9. The van der Waals surface area contributed by atoms with Crippen LogP contribution in [-0.2, 0) is 19.0 Å². The van der Waals surface area contributed by atoms with E-state index in [2.05, 4.69) is 23.9 Å². The van der Waals surface area contributed by atoms with Crippen LogP contribution >= 0.6 is 0 Å². The Kier molecular flexibility index (Phi) is 7.04. The second-order valence-electron chi connectivity index (χ2n) is 10.2.